The second-order valence-corrected chi connectivity index (χ2v) is 5.33. The van der Waals surface area contributed by atoms with Crippen LogP contribution in [0.4, 0.5) is 0 Å². The smallest absolute Gasteiger partial charge is 0.261 e. The van der Waals surface area contributed by atoms with Crippen LogP contribution in [0.5, 0.6) is 5.75 Å². The van der Waals surface area contributed by atoms with Crippen molar-refractivity contribution < 1.29 is 9.53 Å². The highest BCUT2D eigenvalue weighted by Crippen LogP contribution is 2.19. The molecule has 4 heteroatoms. The van der Waals surface area contributed by atoms with Crippen molar-refractivity contribution in [1.82, 2.24) is 10.6 Å². The summed E-state index contributed by atoms with van der Waals surface area (Å²) in [5, 5.41) is 6.38. The summed E-state index contributed by atoms with van der Waals surface area (Å²) in [7, 11) is 0. The first-order chi connectivity index (χ1) is 9.70. The molecule has 0 aliphatic carbocycles. The number of nitrogens with one attached hydrogen (secondary N) is 2. The van der Waals surface area contributed by atoms with Gasteiger partial charge < -0.3 is 15.4 Å². The highest BCUT2D eigenvalue weighted by atomic mass is 16.5. The Kier molecular flexibility index (Phi) is 5.41. The number of rotatable bonds is 5. The molecule has 1 amide bonds. The number of benzene rings is 1. The zero-order valence-electron chi connectivity index (χ0n) is 12.3. The van der Waals surface area contributed by atoms with Gasteiger partial charge >= 0.3 is 0 Å². The van der Waals surface area contributed by atoms with Crippen LogP contribution >= 0.6 is 0 Å². The molecule has 0 radical (unpaired) electrons. The van der Waals surface area contributed by atoms with Gasteiger partial charge in [0.1, 0.15) is 5.75 Å². The van der Waals surface area contributed by atoms with Gasteiger partial charge in [-0.2, -0.15) is 0 Å². The molecule has 4 nitrogen and oxygen atoms in total. The lowest BCUT2D eigenvalue weighted by atomic mass is 10.1. The van der Waals surface area contributed by atoms with Crippen LogP contribution in [0.1, 0.15) is 31.7 Å². The van der Waals surface area contributed by atoms with Gasteiger partial charge in [-0.05, 0) is 44.4 Å². The minimum Gasteiger partial charge on any atom is -0.480 e. The fraction of sp³-hybridized carbons (Fsp3) is 0.562. The first kappa shape index (κ1) is 14.9. The third kappa shape index (κ3) is 3.97. The SMILES string of the molecule is CCC(Oc1ccccc1C)C(=O)N[C@H]1CCCNC1. The molecule has 110 valence electrons. The number of carbonyl (C=O) groups is 1. The van der Waals surface area contributed by atoms with E-state index >= 15 is 0 Å². The van der Waals surface area contributed by atoms with Crippen LogP contribution in [0.2, 0.25) is 0 Å². The van der Waals surface area contributed by atoms with E-state index in [9.17, 15) is 4.79 Å². The van der Waals surface area contributed by atoms with Gasteiger partial charge in [0.2, 0.25) is 0 Å². The summed E-state index contributed by atoms with van der Waals surface area (Å²) in [5.74, 6) is 0.778. The fourth-order valence-corrected chi connectivity index (χ4v) is 2.43. The molecule has 1 heterocycles. The second kappa shape index (κ2) is 7.29. The molecule has 2 N–H and O–H groups in total. The number of amides is 1. The van der Waals surface area contributed by atoms with Gasteiger partial charge in [-0.25, -0.2) is 0 Å². The molecule has 0 saturated carbocycles. The van der Waals surface area contributed by atoms with E-state index in [0.29, 0.717) is 6.42 Å². The molecular formula is C16H24N2O2. The van der Waals surface area contributed by atoms with E-state index in [0.717, 1.165) is 37.2 Å². The first-order valence-electron chi connectivity index (χ1n) is 7.44. The molecule has 1 aromatic carbocycles. The van der Waals surface area contributed by atoms with Crippen LogP contribution in [0.25, 0.3) is 0 Å². The van der Waals surface area contributed by atoms with Gasteiger partial charge in [-0.15, -0.1) is 0 Å². The molecule has 1 aliphatic rings. The largest absolute Gasteiger partial charge is 0.480 e. The summed E-state index contributed by atoms with van der Waals surface area (Å²) >= 11 is 0. The number of ether oxygens (including phenoxy) is 1. The average Bonchev–Trinajstić information content (AvgIpc) is 2.47. The van der Waals surface area contributed by atoms with E-state index in [1.165, 1.54) is 0 Å². The number of carbonyl (C=O) groups excluding carboxylic acids is 1. The van der Waals surface area contributed by atoms with Crippen LogP contribution in [0, 0.1) is 6.92 Å². The van der Waals surface area contributed by atoms with Crippen LogP contribution in [-0.4, -0.2) is 31.1 Å². The zero-order valence-corrected chi connectivity index (χ0v) is 12.3. The number of para-hydroxylation sites is 1. The van der Waals surface area contributed by atoms with Crippen molar-refractivity contribution in [2.24, 2.45) is 0 Å². The average molecular weight is 276 g/mol. The van der Waals surface area contributed by atoms with Crippen molar-refractivity contribution in [3.8, 4) is 5.75 Å². The minimum atomic E-state index is -0.418. The van der Waals surface area contributed by atoms with E-state index in [1.54, 1.807) is 0 Å². The molecule has 20 heavy (non-hydrogen) atoms. The molecule has 1 unspecified atom stereocenters. The third-order valence-electron chi connectivity index (χ3n) is 3.67. The van der Waals surface area contributed by atoms with Crippen molar-refractivity contribution in [1.29, 1.82) is 0 Å². The maximum atomic E-state index is 12.3. The van der Waals surface area contributed by atoms with Crippen LogP contribution < -0.4 is 15.4 Å². The molecule has 1 aliphatic heterocycles. The van der Waals surface area contributed by atoms with E-state index in [-0.39, 0.29) is 11.9 Å². The Morgan fingerprint density at radius 3 is 2.95 bits per heavy atom. The molecule has 2 rings (SSSR count). The van der Waals surface area contributed by atoms with E-state index in [1.807, 2.05) is 38.1 Å². The summed E-state index contributed by atoms with van der Waals surface area (Å²) in [6.45, 7) is 5.86. The maximum absolute atomic E-state index is 12.3. The maximum Gasteiger partial charge on any atom is 0.261 e. The minimum absolute atomic E-state index is 0.00977. The molecule has 0 aromatic heterocycles. The lowest BCUT2D eigenvalue weighted by Gasteiger charge is -2.26. The molecule has 0 bridgehead atoms. The third-order valence-corrected chi connectivity index (χ3v) is 3.67. The molecule has 1 aromatic rings. The van der Waals surface area contributed by atoms with E-state index < -0.39 is 6.10 Å². The number of aryl methyl sites for hydroxylation is 1. The quantitative estimate of drug-likeness (QED) is 0.865. The Bertz CT molecular complexity index is 442. The van der Waals surface area contributed by atoms with Gasteiger partial charge in [-0.3, -0.25) is 4.79 Å². The van der Waals surface area contributed by atoms with Gasteiger partial charge in [0.25, 0.3) is 5.91 Å². The van der Waals surface area contributed by atoms with Gasteiger partial charge in [-0.1, -0.05) is 25.1 Å². The number of hydrogen-bond acceptors (Lipinski definition) is 3. The Hall–Kier alpha value is -1.55. The van der Waals surface area contributed by atoms with Crippen molar-refractivity contribution in [3.63, 3.8) is 0 Å². The molecule has 1 saturated heterocycles. The van der Waals surface area contributed by atoms with Crippen molar-refractivity contribution in [2.45, 2.75) is 45.3 Å². The highest BCUT2D eigenvalue weighted by Gasteiger charge is 2.23. The van der Waals surface area contributed by atoms with E-state index in [4.69, 9.17) is 4.74 Å². The molecular weight excluding hydrogens is 252 g/mol. The molecule has 0 spiro atoms. The highest BCUT2D eigenvalue weighted by molar-refractivity contribution is 5.81. The zero-order chi connectivity index (χ0) is 14.4. The van der Waals surface area contributed by atoms with Crippen molar-refractivity contribution >= 4 is 5.91 Å². The summed E-state index contributed by atoms with van der Waals surface area (Å²) in [6.07, 6.45) is 2.40. The number of piperidine rings is 1. The van der Waals surface area contributed by atoms with Crippen LogP contribution in [0.15, 0.2) is 24.3 Å². The first-order valence-corrected chi connectivity index (χ1v) is 7.44. The lowest BCUT2D eigenvalue weighted by Crippen LogP contribution is -2.49. The Labute approximate surface area is 120 Å². The van der Waals surface area contributed by atoms with Gasteiger partial charge in [0.15, 0.2) is 6.10 Å². The van der Waals surface area contributed by atoms with Gasteiger partial charge in [0, 0.05) is 12.6 Å². The fourth-order valence-electron chi connectivity index (χ4n) is 2.43. The normalized spacial score (nSPS) is 20.2. The predicted octanol–water partition coefficient (Wildman–Crippen LogP) is 2.02. The second-order valence-electron chi connectivity index (χ2n) is 5.33. The van der Waals surface area contributed by atoms with Gasteiger partial charge in [0.05, 0.1) is 0 Å². The Morgan fingerprint density at radius 2 is 2.30 bits per heavy atom. The summed E-state index contributed by atoms with van der Waals surface area (Å²) in [4.78, 5) is 12.3. The van der Waals surface area contributed by atoms with Crippen molar-refractivity contribution in [3.05, 3.63) is 29.8 Å². The van der Waals surface area contributed by atoms with E-state index in [2.05, 4.69) is 10.6 Å². The summed E-state index contributed by atoms with van der Waals surface area (Å²) in [6, 6.07) is 8.03. The predicted molar refractivity (Wildman–Crippen MR) is 79.9 cm³/mol. The summed E-state index contributed by atoms with van der Waals surface area (Å²) < 4.78 is 5.87. The van der Waals surface area contributed by atoms with Crippen LogP contribution in [0.3, 0.4) is 0 Å². The lowest BCUT2D eigenvalue weighted by molar-refractivity contribution is -0.129. The van der Waals surface area contributed by atoms with Crippen LogP contribution in [-0.2, 0) is 4.79 Å². The number of hydrogen-bond donors (Lipinski definition) is 2. The standard InChI is InChI=1S/C16H24N2O2/c1-3-14(20-15-9-5-4-7-12(15)2)16(19)18-13-8-6-10-17-11-13/h4-5,7,9,13-14,17H,3,6,8,10-11H2,1-2H3,(H,18,19)/t13-,14?/m0/s1. The van der Waals surface area contributed by atoms with Crippen molar-refractivity contribution in [2.75, 3.05) is 13.1 Å². The topological polar surface area (TPSA) is 50.4 Å². The monoisotopic (exact) mass is 276 g/mol. The Morgan fingerprint density at radius 1 is 1.50 bits per heavy atom. The summed E-state index contributed by atoms with van der Waals surface area (Å²) in [5.41, 5.74) is 1.05. The molecule has 1 fully saturated rings. The Balaban J connectivity index is 1.93. The molecule has 2 atom stereocenters.